The molecule has 0 saturated carbocycles. The van der Waals surface area contributed by atoms with Crippen LogP contribution in [0.1, 0.15) is 20.8 Å². The Morgan fingerprint density at radius 3 is 2.78 bits per heavy atom. The minimum Gasteiger partial charge on any atom is -0.341 e. The Hall–Kier alpha value is -1.14. The van der Waals surface area contributed by atoms with Crippen LogP contribution in [0.15, 0.2) is 17.7 Å². The Labute approximate surface area is 111 Å². The first-order chi connectivity index (χ1) is 8.52. The third-order valence-electron chi connectivity index (χ3n) is 2.97. The summed E-state index contributed by atoms with van der Waals surface area (Å²) in [6.45, 7) is 6.71. The lowest BCUT2D eigenvalue weighted by molar-refractivity contribution is 0.305. The summed E-state index contributed by atoms with van der Waals surface area (Å²) in [5.41, 5.74) is 1.87. The molecule has 6 heteroatoms. The molecule has 2 heterocycles. The molecule has 0 radical (unpaired) electrons. The average molecular weight is 265 g/mol. The van der Waals surface area contributed by atoms with Gasteiger partial charge in [0.15, 0.2) is 5.65 Å². The summed E-state index contributed by atoms with van der Waals surface area (Å²) in [7, 11) is 2.00. The minimum absolute atomic E-state index is 0.224. The van der Waals surface area contributed by atoms with E-state index in [0.717, 1.165) is 21.9 Å². The molecule has 18 heavy (non-hydrogen) atoms. The van der Waals surface area contributed by atoms with Gasteiger partial charge < -0.3 is 10.3 Å². The van der Waals surface area contributed by atoms with Crippen molar-refractivity contribution in [1.82, 2.24) is 25.3 Å². The van der Waals surface area contributed by atoms with E-state index in [2.05, 4.69) is 46.0 Å². The molecule has 2 aromatic rings. The van der Waals surface area contributed by atoms with Gasteiger partial charge in [-0.25, -0.2) is 15.0 Å². The SMILES string of the molecule is CNC(CSc1ncnc2nc[nH]c12)C(C)(C)C. The predicted molar refractivity (Wildman–Crippen MR) is 74.7 cm³/mol. The lowest BCUT2D eigenvalue weighted by Crippen LogP contribution is -2.40. The van der Waals surface area contributed by atoms with Crippen molar-refractivity contribution < 1.29 is 0 Å². The normalized spacial score (nSPS) is 14.0. The Morgan fingerprint density at radius 1 is 1.33 bits per heavy atom. The summed E-state index contributed by atoms with van der Waals surface area (Å²) in [5.74, 6) is 0.963. The summed E-state index contributed by atoms with van der Waals surface area (Å²) in [5, 5.41) is 4.32. The van der Waals surface area contributed by atoms with Gasteiger partial charge in [0.2, 0.25) is 0 Å². The fourth-order valence-corrected chi connectivity index (χ4v) is 3.19. The Kier molecular flexibility index (Phi) is 3.87. The highest BCUT2D eigenvalue weighted by Gasteiger charge is 2.23. The number of hydrogen-bond donors (Lipinski definition) is 2. The molecule has 0 saturated heterocycles. The number of rotatable bonds is 4. The van der Waals surface area contributed by atoms with Gasteiger partial charge in [0.05, 0.1) is 6.33 Å². The van der Waals surface area contributed by atoms with Crippen molar-refractivity contribution in [2.45, 2.75) is 31.8 Å². The number of nitrogens with one attached hydrogen (secondary N) is 2. The zero-order valence-corrected chi connectivity index (χ0v) is 12.0. The van der Waals surface area contributed by atoms with Crippen molar-refractivity contribution in [1.29, 1.82) is 0 Å². The highest BCUT2D eigenvalue weighted by Crippen LogP contribution is 2.27. The monoisotopic (exact) mass is 265 g/mol. The first kappa shape index (κ1) is 13.3. The van der Waals surface area contributed by atoms with E-state index in [1.165, 1.54) is 0 Å². The van der Waals surface area contributed by atoms with Gasteiger partial charge in [-0.05, 0) is 12.5 Å². The second-order valence-corrected chi connectivity index (χ2v) is 6.31. The smallest absolute Gasteiger partial charge is 0.181 e. The molecule has 98 valence electrons. The first-order valence-corrected chi connectivity index (χ1v) is 6.95. The highest BCUT2D eigenvalue weighted by molar-refractivity contribution is 7.99. The third kappa shape index (κ3) is 2.81. The maximum Gasteiger partial charge on any atom is 0.181 e. The molecule has 0 aromatic carbocycles. The Bertz CT molecular complexity index is 516. The van der Waals surface area contributed by atoms with E-state index in [1.54, 1.807) is 24.4 Å². The van der Waals surface area contributed by atoms with Gasteiger partial charge in [-0.1, -0.05) is 20.8 Å². The van der Waals surface area contributed by atoms with Crippen LogP contribution < -0.4 is 5.32 Å². The standard InChI is InChI=1S/C12H19N5S/c1-12(2,3)8(13-4)5-18-11-9-10(15-6-14-9)16-7-17-11/h6-8,13H,5H2,1-4H3,(H,14,15,16,17). The number of imidazole rings is 1. The number of aromatic amines is 1. The van der Waals surface area contributed by atoms with E-state index in [1.807, 2.05) is 7.05 Å². The van der Waals surface area contributed by atoms with E-state index in [-0.39, 0.29) is 5.41 Å². The topological polar surface area (TPSA) is 66.5 Å². The molecule has 0 aliphatic heterocycles. The second kappa shape index (κ2) is 5.24. The van der Waals surface area contributed by atoms with Crippen LogP contribution in [-0.2, 0) is 0 Å². The van der Waals surface area contributed by atoms with E-state index >= 15 is 0 Å². The summed E-state index contributed by atoms with van der Waals surface area (Å²) >= 11 is 1.73. The fourth-order valence-electron chi connectivity index (χ4n) is 1.78. The summed E-state index contributed by atoms with van der Waals surface area (Å²) in [4.78, 5) is 15.7. The molecule has 5 nitrogen and oxygen atoms in total. The first-order valence-electron chi connectivity index (χ1n) is 5.96. The minimum atomic E-state index is 0.224. The quantitative estimate of drug-likeness (QED) is 0.654. The van der Waals surface area contributed by atoms with Gasteiger partial charge in [-0.3, -0.25) is 0 Å². The van der Waals surface area contributed by atoms with Crippen molar-refractivity contribution in [3.63, 3.8) is 0 Å². The second-order valence-electron chi connectivity index (χ2n) is 5.30. The predicted octanol–water partition coefficient (Wildman–Crippen LogP) is 2.08. The Morgan fingerprint density at radius 2 is 2.11 bits per heavy atom. The van der Waals surface area contributed by atoms with Gasteiger partial charge in [-0.2, -0.15) is 0 Å². The number of H-pyrrole nitrogens is 1. The molecule has 2 aromatic heterocycles. The van der Waals surface area contributed by atoms with Gasteiger partial charge in [0.25, 0.3) is 0 Å². The van der Waals surface area contributed by atoms with Crippen molar-refractivity contribution in [2.75, 3.05) is 12.8 Å². The number of hydrogen-bond acceptors (Lipinski definition) is 5. The van der Waals surface area contributed by atoms with E-state index in [9.17, 15) is 0 Å². The molecule has 2 rings (SSSR count). The Balaban J connectivity index is 2.12. The summed E-state index contributed by atoms with van der Waals surface area (Å²) in [6, 6.07) is 0.426. The molecule has 0 spiro atoms. The van der Waals surface area contributed by atoms with Gasteiger partial charge in [0.1, 0.15) is 16.9 Å². The lowest BCUT2D eigenvalue weighted by Gasteiger charge is -2.29. The fraction of sp³-hybridized carbons (Fsp3) is 0.583. The van der Waals surface area contributed by atoms with E-state index in [4.69, 9.17) is 0 Å². The van der Waals surface area contributed by atoms with Gasteiger partial charge in [-0.15, -0.1) is 11.8 Å². The van der Waals surface area contributed by atoms with Crippen molar-refractivity contribution in [2.24, 2.45) is 5.41 Å². The maximum absolute atomic E-state index is 4.32. The molecule has 0 aliphatic carbocycles. The van der Waals surface area contributed by atoms with Crippen LogP contribution in [-0.4, -0.2) is 38.8 Å². The molecular formula is C12H19N5S. The zero-order valence-electron chi connectivity index (χ0n) is 11.2. The van der Waals surface area contributed by atoms with Crippen LogP contribution in [0.25, 0.3) is 11.2 Å². The maximum atomic E-state index is 4.32. The van der Waals surface area contributed by atoms with Gasteiger partial charge in [0, 0.05) is 11.8 Å². The molecule has 0 aliphatic rings. The molecule has 0 amide bonds. The van der Waals surface area contributed by atoms with Gasteiger partial charge >= 0.3 is 0 Å². The molecular weight excluding hydrogens is 246 g/mol. The largest absolute Gasteiger partial charge is 0.341 e. The molecule has 0 bridgehead atoms. The average Bonchev–Trinajstić information content (AvgIpc) is 2.76. The van der Waals surface area contributed by atoms with E-state index in [0.29, 0.717) is 6.04 Å². The third-order valence-corrected chi connectivity index (χ3v) is 4.05. The highest BCUT2D eigenvalue weighted by atomic mass is 32.2. The number of nitrogens with zero attached hydrogens (tertiary/aromatic N) is 3. The lowest BCUT2D eigenvalue weighted by atomic mass is 9.88. The van der Waals surface area contributed by atoms with Crippen LogP contribution in [0.4, 0.5) is 0 Å². The molecule has 0 fully saturated rings. The number of thioether (sulfide) groups is 1. The zero-order chi connectivity index (χ0) is 13.2. The molecule has 1 atom stereocenters. The van der Waals surface area contributed by atoms with Crippen LogP contribution >= 0.6 is 11.8 Å². The van der Waals surface area contributed by atoms with Crippen molar-refractivity contribution in [3.05, 3.63) is 12.7 Å². The van der Waals surface area contributed by atoms with E-state index < -0.39 is 0 Å². The molecule has 1 unspecified atom stereocenters. The van der Waals surface area contributed by atoms with Crippen molar-refractivity contribution in [3.8, 4) is 0 Å². The van der Waals surface area contributed by atoms with Crippen LogP contribution in [0.3, 0.4) is 0 Å². The van der Waals surface area contributed by atoms with Crippen LogP contribution in [0, 0.1) is 5.41 Å². The number of aromatic nitrogens is 4. The van der Waals surface area contributed by atoms with Crippen LogP contribution in [0.2, 0.25) is 0 Å². The van der Waals surface area contributed by atoms with Crippen LogP contribution in [0.5, 0.6) is 0 Å². The summed E-state index contributed by atoms with van der Waals surface area (Å²) < 4.78 is 0. The summed E-state index contributed by atoms with van der Waals surface area (Å²) in [6.07, 6.45) is 3.22. The molecule has 2 N–H and O–H groups in total. The van der Waals surface area contributed by atoms with Crippen molar-refractivity contribution >= 4 is 22.9 Å². The number of fused-ring (bicyclic) bond motifs is 1.